The molecule has 0 spiro atoms. The third-order valence-electron chi connectivity index (χ3n) is 5.96. The molecule has 1 amide bonds. The third-order valence-corrected chi connectivity index (χ3v) is 5.96. The second-order valence-corrected chi connectivity index (χ2v) is 8.22. The number of aliphatic imine (C=N–C) groups is 1. The minimum Gasteiger partial charge on any atom is -0.369 e. The smallest absolute Gasteiger partial charge is 0.369 e. The lowest BCUT2D eigenvalue weighted by molar-refractivity contribution is -0.140. The first-order valence-electron chi connectivity index (χ1n) is 9.54. The molecule has 0 saturated heterocycles. The van der Waals surface area contributed by atoms with Crippen molar-refractivity contribution in [2.24, 2.45) is 16.1 Å². The van der Waals surface area contributed by atoms with Gasteiger partial charge in [0.15, 0.2) is 5.96 Å². The summed E-state index contributed by atoms with van der Waals surface area (Å²) in [6, 6.07) is 8.46. The van der Waals surface area contributed by atoms with Crippen LogP contribution in [0.5, 0.6) is 0 Å². The van der Waals surface area contributed by atoms with Gasteiger partial charge in [-0.15, -0.1) is 0 Å². The quantitative estimate of drug-likeness (QED) is 0.678. The summed E-state index contributed by atoms with van der Waals surface area (Å²) in [6.45, 7) is 4.75. The highest BCUT2D eigenvalue weighted by molar-refractivity contribution is 6.01. The lowest BCUT2D eigenvalue weighted by Crippen LogP contribution is -2.58. The molecule has 32 heavy (non-hydrogen) atoms. The molecule has 0 saturated carbocycles. The predicted molar refractivity (Wildman–Crippen MR) is 111 cm³/mol. The van der Waals surface area contributed by atoms with Crippen LogP contribution in [0.3, 0.4) is 0 Å². The van der Waals surface area contributed by atoms with Crippen molar-refractivity contribution < 1.29 is 22.4 Å². The molecule has 1 aliphatic rings. The number of halogens is 4. The van der Waals surface area contributed by atoms with Gasteiger partial charge < -0.3 is 11.1 Å². The van der Waals surface area contributed by atoms with E-state index in [0.29, 0.717) is 0 Å². The van der Waals surface area contributed by atoms with Gasteiger partial charge in [0.2, 0.25) is 5.91 Å². The highest BCUT2D eigenvalue weighted by atomic mass is 19.4. The molecule has 3 N–H and O–H groups in total. The SMILES string of the molecule is CN1C(=O)C(C)(C)C(C)(c2cc(Nc3ccc(C#N)cc3C(F)(F)F)ccc2F)N=C1N. The van der Waals surface area contributed by atoms with Gasteiger partial charge in [0.25, 0.3) is 0 Å². The number of benzene rings is 2. The highest BCUT2D eigenvalue weighted by Crippen LogP contribution is 2.48. The van der Waals surface area contributed by atoms with E-state index in [9.17, 15) is 22.4 Å². The van der Waals surface area contributed by atoms with Crippen LogP contribution >= 0.6 is 0 Å². The number of amides is 1. The van der Waals surface area contributed by atoms with Crippen molar-refractivity contribution in [1.29, 1.82) is 5.26 Å². The second kappa shape index (κ2) is 7.51. The van der Waals surface area contributed by atoms with Gasteiger partial charge in [0.1, 0.15) is 11.4 Å². The molecular weight excluding hydrogens is 426 g/mol. The van der Waals surface area contributed by atoms with E-state index in [2.05, 4.69) is 10.3 Å². The average molecular weight is 447 g/mol. The van der Waals surface area contributed by atoms with Crippen LogP contribution in [0.1, 0.15) is 37.5 Å². The zero-order chi connectivity index (χ0) is 24.1. The molecule has 0 fully saturated rings. The van der Waals surface area contributed by atoms with Crippen molar-refractivity contribution in [1.82, 2.24) is 4.90 Å². The van der Waals surface area contributed by atoms with E-state index in [1.165, 1.54) is 30.1 Å². The van der Waals surface area contributed by atoms with Gasteiger partial charge in [0, 0.05) is 18.3 Å². The monoisotopic (exact) mass is 447 g/mol. The van der Waals surface area contributed by atoms with E-state index in [1.54, 1.807) is 26.8 Å². The van der Waals surface area contributed by atoms with Crippen LogP contribution in [0.15, 0.2) is 41.4 Å². The van der Waals surface area contributed by atoms with Gasteiger partial charge in [-0.2, -0.15) is 18.4 Å². The maximum absolute atomic E-state index is 14.9. The largest absolute Gasteiger partial charge is 0.418 e. The van der Waals surface area contributed by atoms with Gasteiger partial charge in [-0.05, 0) is 57.2 Å². The van der Waals surface area contributed by atoms with E-state index in [1.807, 2.05) is 0 Å². The topological polar surface area (TPSA) is 94.5 Å². The molecule has 6 nitrogen and oxygen atoms in total. The maximum atomic E-state index is 14.9. The molecule has 0 bridgehead atoms. The van der Waals surface area contributed by atoms with Crippen molar-refractivity contribution in [2.45, 2.75) is 32.5 Å². The van der Waals surface area contributed by atoms with Crippen LogP contribution < -0.4 is 11.1 Å². The highest BCUT2D eigenvalue weighted by Gasteiger charge is 2.53. The predicted octanol–water partition coefficient (Wildman–Crippen LogP) is 4.49. The summed E-state index contributed by atoms with van der Waals surface area (Å²) in [4.78, 5) is 18.4. The van der Waals surface area contributed by atoms with Crippen LogP contribution in [0.25, 0.3) is 0 Å². The normalized spacial score (nSPS) is 20.5. The van der Waals surface area contributed by atoms with E-state index < -0.39 is 28.5 Å². The van der Waals surface area contributed by atoms with Crippen molar-refractivity contribution in [3.63, 3.8) is 0 Å². The van der Waals surface area contributed by atoms with Gasteiger partial charge in [0.05, 0.1) is 28.3 Å². The molecule has 3 rings (SSSR count). The Hall–Kier alpha value is -3.61. The Morgan fingerprint density at radius 1 is 1.16 bits per heavy atom. The molecule has 0 aromatic heterocycles. The molecule has 2 aromatic carbocycles. The average Bonchev–Trinajstić information content (AvgIpc) is 2.72. The van der Waals surface area contributed by atoms with E-state index in [0.717, 1.165) is 18.2 Å². The number of guanidine groups is 1. The summed E-state index contributed by atoms with van der Waals surface area (Å²) >= 11 is 0. The molecule has 0 aliphatic carbocycles. The zero-order valence-corrected chi connectivity index (χ0v) is 17.8. The summed E-state index contributed by atoms with van der Waals surface area (Å²) in [6.07, 6.45) is -4.72. The van der Waals surface area contributed by atoms with Gasteiger partial charge >= 0.3 is 6.18 Å². The molecule has 1 heterocycles. The fourth-order valence-corrected chi connectivity index (χ4v) is 3.66. The van der Waals surface area contributed by atoms with Crippen LogP contribution in [-0.4, -0.2) is 23.8 Å². The van der Waals surface area contributed by atoms with Gasteiger partial charge in [-0.25, -0.2) is 9.38 Å². The van der Waals surface area contributed by atoms with Crippen molar-refractivity contribution in [3.05, 3.63) is 58.9 Å². The Labute approximate surface area is 182 Å². The first kappa shape index (κ1) is 23.1. The number of alkyl halides is 3. The lowest BCUT2D eigenvalue weighted by Gasteiger charge is -2.46. The third kappa shape index (κ3) is 3.64. The molecule has 1 aliphatic heterocycles. The minimum atomic E-state index is -4.72. The number of hydrogen-bond donors (Lipinski definition) is 2. The molecular formula is C22H21F4N5O. The van der Waals surface area contributed by atoms with E-state index >= 15 is 0 Å². The number of nitrogens with zero attached hydrogens (tertiary/aromatic N) is 3. The Morgan fingerprint density at radius 3 is 2.41 bits per heavy atom. The van der Waals surface area contributed by atoms with Crippen LogP contribution in [0.2, 0.25) is 0 Å². The number of nitriles is 1. The minimum absolute atomic E-state index is 0.000830. The van der Waals surface area contributed by atoms with Crippen LogP contribution in [-0.2, 0) is 16.5 Å². The standard InChI is InChI=1S/C22H21F4N5O/c1-20(2)18(32)31(4)19(28)30-21(20,3)14-10-13(6-7-16(14)23)29-17-8-5-12(11-27)9-15(17)22(24,25)26/h5-10,29H,1-4H3,(H2,28,30). The van der Waals surface area contributed by atoms with Crippen molar-refractivity contribution >= 4 is 23.2 Å². The molecule has 168 valence electrons. The summed E-state index contributed by atoms with van der Waals surface area (Å²) in [5, 5.41) is 11.6. The number of carbonyl (C=O) groups is 1. The van der Waals surface area contributed by atoms with Gasteiger partial charge in [-0.1, -0.05) is 0 Å². The van der Waals surface area contributed by atoms with Crippen LogP contribution in [0.4, 0.5) is 28.9 Å². The van der Waals surface area contributed by atoms with E-state index in [-0.39, 0.29) is 34.4 Å². The first-order valence-corrected chi connectivity index (χ1v) is 9.54. The molecule has 1 atom stereocenters. The molecule has 10 heteroatoms. The Bertz CT molecular complexity index is 1170. The lowest BCUT2D eigenvalue weighted by atomic mass is 9.67. The number of nitrogens with two attached hydrogens (primary N) is 1. The maximum Gasteiger partial charge on any atom is 0.418 e. The number of hydrogen-bond acceptors (Lipinski definition) is 5. The number of nitrogens with one attached hydrogen (secondary N) is 1. The first-order chi connectivity index (χ1) is 14.7. The number of rotatable bonds is 3. The van der Waals surface area contributed by atoms with Gasteiger partial charge in [-0.3, -0.25) is 9.69 Å². The Kier molecular flexibility index (Phi) is 5.41. The fourth-order valence-electron chi connectivity index (χ4n) is 3.66. The van der Waals surface area contributed by atoms with Crippen molar-refractivity contribution in [3.8, 4) is 6.07 Å². The molecule has 0 radical (unpaired) electrons. The summed E-state index contributed by atoms with van der Waals surface area (Å²) in [5.41, 5.74) is 1.92. The number of anilines is 2. The fraction of sp³-hybridized carbons (Fsp3) is 0.318. The van der Waals surface area contributed by atoms with E-state index in [4.69, 9.17) is 11.0 Å². The Balaban J connectivity index is 2.13. The second-order valence-electron chi connectivity index (χ2n) is 8.22. The molecule has 1 unspecified atom stereocenters. The molecule has 2 aromatic rings. The summed E-state index contributed by atoms with van der Waals surface area (Å²) in [5.74, 6) is -1.16. The Morgan fingerprint density at radius 2 is 1.81 bits per heavy atom. The number of carbonyl (C=O) groups excluding carboxylic acids is 1. The zero-order valence-electron chi connectivity index (χ0n) is 17.8. The summed E-state index contributed by atoms with van der Waals surface area (Å²) in [7, 11) is 1.46. The van der Waals surface area contributed by atoms with Crippen LogP contribution in [0, 0.1) is 22.6 Å². The summed E-state index contributed by atoms with van der Waals surface area (Å²) < 4.78 is 55.4. The van der Waals surface area contributed by atoms with Crippen molar-refractivity contribution in [2.75, 3.05) is 12.4 Å².